The van der Waals surface area contributed by atoms with Gasteiger partial charge in [0.1, 0.15) is 18.2 Å². The van der Waals surface area contributed by atoms with Gasteiger partial charge in [-0.05, 0) is 36.4 Å². The molecule has 0 spiro atoms. The van der Waals surface area contributed by atoms with E-state index in [4.69, 9.17) is 9.47 Å². The molecular weight excluding hydrogens is 426 g/mol. The maximum atomic E-state index is 12.8. The first-order chi connectivity index (χ1) is 15.7. The highest BCUT2D eigenvalue weighted by Gasteiger charge is 2.14. The molecule has 3 heterocycles. The Balaban J connectivity index is 1.24. The number of benzene rings is 2. The van der Waals surface area contributed by atoms with Crippen molar-refractivity contribution in [1.82, 2.24) is 19.9 Å². The number of hydrogen-bond acceptors (Lipinski definition) is 7. The van der Waals surface area contributed by atoms with Gasteiger partial charge in [-0.3, -0.25) is 9.69 Å². The first kappa shape index (κ1) is 20.6. The summed E-state index contributed by atoms with van der Waals surface area (Å²) in [5, 5.41) is 4.90. The molecule has 5 rings (SSSR count). The molecule has 9 heteroatoms. The number of carbonyl (C=O) groups is 1. The number of hydrogen-bond donors (Lipinski definition) is 2. The molecule has 0 bridgehead atoms. The molecule has 0 aliphatic carbocycles. The first-order valence-electron chi connectivity index (χ1n) is 10.4. The largest absolute Gasteiger partial charge is 0.487 e. The topological polar surface area (TPSA) is 92.4 Å². The average Bonchev–Trinajstić information content (AvgIpc) is 3.48. The molecule has 1 saturated heterocycles. The second-order valence-corrected chi connectivity index (χ2v) is 8.27. The van der Waals surface area contributed by atoms with Crippen molar-refractivity contribution >= 4 is 34.0 Å². The monoisotopic (exact) mass is 449 g/mol. The minimum Gasteiger partial charge on any atom is -0.487 e. The zero-order valence-corrected chi connectivity index (χ0v) is 18.2. The van der Waals surface area contributed by atoms with Crippen molar-refractivity contribution in [2.24, 2.45) is 0 Å². The van der Waals surface area contributed by atoms with Crippen LogP contribution in [-0.4, -0.2) is 52.1 Å². The number of carbonyl (C=O) groups excluding carboxylic acids is 1. The number of anilines is 1. The van der Waals surface area contributed by atoms with E-state index in [0.29, 0.717) is 23.6 Å². The highest BCUT2D eigenvalue weighted by atomic mass is 32.1. The van der Waals surface area contributed by atoms with Gasteiger partial charge >= 0.3 is 0 Å². The predicted octanol–water partition coefficient (Wildman–Crippen LogP) is 3.68. The molecule has 2 aromatic heterocycles. The number of aromatic amines is 1. The maximum Gasteiger partial charge on any atom is 0.255 e. The molecule has 164 valence electrons. The minimum atomic E-state index is -0.198. The number of rotatable bonds is 7. The molecule has 32 heavy (non-hydrogen) atoms. The number of thiazole rings is 1. The van der Waals surface area contributed by atoms with Crippen LogP contribution in [0.3, 0.4) is 0 Å². The Bertz CT molecular complexity index is 1200. The van der Waals surface area contributed by atoms with Gasteiger partial charge in [-0.2, -0.15) is 0 Å². The van der Waals surface area contributed by atoms with E-state index in [1.54, 1.807) is 23.7 Å². The maximum absolute atomic E-state index is 12.8. The van der Waals surface area contributed by atoms with E-state index in [-0.39, 0.29) is 5.91 Å². The third-order valence-electron chi connectivity index (χ3n) is 5.23. The van der Waals surface area contributed by atoms with Crippen molar-refractivity contribution < 1.29 is 14.3 Å². The van der Waals surface area contributed by atoms with Gasteiger partial charge in [0.25, 0.3) is 5.91 Å². The van der Waals surface area contributed by atoms with Crippen LogP contribution >= 0.6 is 11.3 Å². The minimum absolute atomic E-state index is 0.198. The summed E-state index contributed by atoms with van der Waals surface area (Å²) in [5.41, 5.74) is 5.64. The van der Waals surface area contributed by atoms with E-state index < -0.39 is 0 Å². The third kappa shape index (κ3) is 4.96. The molecule has 1 amide bonds. The molecule has 0 atom stereocenters. The fourth-order valence-electron chi connectivity index (χ4n) is 3.58. The third-order valence-corrected chi connectivity index (χ3v) is 5.87. The summed E-state index contributed by atoms with van der Waals surface area (Å²) in [7, 11) is 0. The molecular formula is C23H23N5O3S. The number of morpholine rings is 1. The zero-order chi connectivity index (χ0) is 21.8. The molecule has 0 unspecified atom stereocenters. The summed E-state index contributed by atoms with van der Waals surface area (Å²) in [6.07, 6.45) is 0. The molecule has 4 aromatic rings. The van der Waals surface area contributed by atoms with Crippen LogP contribution in [0.2, 0.25) is 0 Å². The summed E-state index contributed by atoms with van der Waals surface area (Å²) in [6, 6.07) is 12.8. The Labute approximate surface area is 189 Å². The lowest BCUT2D eigenvalue weighted by atomic mass is 10.2. The van der Waals surface area contributed by atoms with Gasteiger partial charge in [0, 0.05) is 29.7 Å². The second kappa shape index (κ2) is 9.47. The van der Waals surface area contributed by atoms with Gasteiger partial charge in [0.2, 0.25) is 0 Å². The van der Waals surface area contributed by atoms with Crippen molar-refractivity contribution in [3.05, 3.63) is 70.4 Å². The lowest BCUT2D eigenvalue weighted by molar-refractivity contribution is 0.0332. The average molecular weight is 450 g/mol. The van der Waals surface area contributed by atoms with E-state index in [9.17, 15) is 4.79 Å². The second-order valence-electron chi connectivity index (χ2n) is 7.55. The van der Waals surface area contributed by atoms with Crippen molar-refractivity contribution in [2.45, 2.75) is 13.2 Å². The Morgan fingerprint density at radius 2 is 2.12 bits per heavy atom. The summed E-state index contributed by atoms with van der Waals surface area (Å²) in [5.74, 6) is 1.34. The Morgan fingerprint density at radius 3 is 2.97 bits per heavy atom. The van der Waals surface area contributed by atoms with Crippen LogP contribution in [0, 0.1) is 0 Å². The number of nitrogens with one attached hydrogen (secondary N) is 2. The van der Waals surface area contributed by atoms with Gasteiger partial charge in [0.05, 0.1) is 42.0 Å². The van der Waals surface area contributed by atoms with Crippen molar-refractivity contribution in [3.8, 4) is 5.75 Å². The highest BCUT2D eigenvalue weighted by molar-refractivity contribution is 7.07. The number of fused-ring (bicyclic) bond motifs is 1. The van der Waals surface area contributed by atoms with Crippen LogP contribution < -0.4 is 10.1 Å². The van der Waals surface area contributed by atoms with Crippen LogP contribution in [0.1, 0.15) is 21.9 Å². The molecule has 1 fully saturated rings. The molecule has 1 aliphatic heterocycles. The van der Waals surface area contributed by atoms with Crippen molar-refractivity contribution in [1.29, 1.82) is 0 Å². The van der Waals surface area contributed by atoms with Crippen molar-refractivity contribution in [2.75, 3.05) is 31.6 Å². The normalized spacial score (nSPS) is 14.5. The lowest BCUT2D eigenvalue weighted by Crippen LogP contribution is -2.35. The quantitative estimate of drug-likeness (QED) is 0.447. The summed E-state index contributed by atoms with van der Waals surface area (Å²) in [6.45, 7) is 4.46. The van der Waals surface area contributed by atoms with Crippen LogP contribution in [0.25, 0.3) is 11.0 Å². The molecule has 8 nitrogen and oxygen atoms in total. The van der Waals surface area contributed by atoms with Gasteiger partial charge in [-0.25, -0.2) is 9.97 Å². The number of H-pyrrole nitrogens is 1. The summed E-state index contributed by atoms with van der Waals surface area (Å²) in [4.78, 5) is 27.3. The predicted molar refractivity (Wildman–Crippen MR) is 123 cm³/mol. The van der Waals surface area contributed by atoms with Crippen LogP contribution in [0.15, 0.2) is 53.4 Å². The Hall–Kier alpha value is -3.27. The summed E-state index contributed by atoms with van der Waals surface area (Å²) >= 11 is 1.53. The molecule has 2 aromatic carbocycles. The first-order valence-corrected chi connectivity index (χ1v) is 11.4. The highest BCUT2D eigenvalue weighted by Crippen LogP contribution is 2.20. The number of aromatic nitrogens is 3. The van der Waals surface area contributed by atoms with Gasteiger partial charge in [-0.1, -0.05) is 6.07 Å². The lowest BCUT2D eigenvalue weighted by Gasteiger charge is -2.25. The van der Waals surface area contributed by atoms with Gasteiger partial charge < -0.3 is 19.8 Å². The van der Waals surface area contributed by atoms with E-state index in [0.717, 1.165) is 55.4 Å². The van der Waals surface area contributed by atoms with Crippen LogP contribution in [-0.2, 0) is 17.9 Å². The zero-order valence-electron chi connectivity index (χ0n) is 17.4. The summed E-state index contributed by atoms with van der Waals surface area (Å²) < 4.78 is 11.2. The van der Waals surface area contributed by atoms with E-state index in [2.05, 4.69) is 25.2 Å². The van der Waals surface area contributed by atoms with E-state index in [1.807, 2.05) is 29.6 Å². The molecule has 0 radical (unpaired) electrons. The Morgan fingerprint density at radius 1 is 1.22 bits per heavy atom. The Kier molecular flexibility index (Phi) is 6.11. The molecule has 0 saturated carbocycles. The number of nitrogens with zero attached hydrogens (tertiary/aromatic N) is 3. The number of amides is 1. The number of imidazole rings is 1. The SMILES string of the molecule is O=C(Nc1ccc2nc(CN3CCOCC3)[nH]c2c1)c1cccc(OCc2cscn2)c1. The van der Waals surface area contributed by atoms with Gasteiger partial charge in [0.15, 0.2) is 0 Å². The molecule has 1 aliphatic rings. The number of ether oxygens (including phenoxy) is 2. The van der Waals surface area contributed by atoms with Crippen LogP contribution in [0.4, 0.5) is 5.69 Å². The van der Waals surface area contributed by atoms with E-state index in [1.165, 1.54) is 11.3 Å². The fourth-order valence-corrected chi connectivity index (χ4v) is 4.13. The smallest absolute Gasteiger partial charge is 0.255 e. The van der Waals surface area contributed by atoms with Crippen molar-refractivity contribution in [3.63, 3.8) is 0 Å². The molecule has 2 N–H and O–H groups in total. The van der Waals surface area contributed by atoms with Crippen LogP contribution in [0.5, 0.6) is 5.75 Å². The van der Waals surface area contributed by atoms with E-state index >= 15 is 0 Å². The fraction of sp³-hybridized carbons (Fsp3) is 0.261. The van der Waals surface area contributed by atoms with Gasteiger partial charge in [-0.15, -0.1) is 11.3 Å². The standard InChI is InChI=1S/C23H23N5O3S/c29-23(16-2-1-3-19(10-16)31-13-18-14-32-15-24-18)25-17-4-5-20-21(11-17)27-22(26-20)12-28-6-8-30-9-7-28/h1-5,10-11,14-15H,6-9,12-13H2,(H,25,29)(H,26,27).